The first kappa shape index (κ1) is 25.9. The van der Waals surface area contributed by atoms with Crippen LogP contribution in [0, 0.1) is 8.99 Å². The van der Waals surface area contributed by atoms with Crippen LogP contribution in [0.2, 0.25) is 0 Å². The molecule has 0 aromatic heterocycles. The Morgan fingerprint density at radius 2 is 1.73 bits per heavy atom. The molecule has 5 heteroatoms. The summed E-state index contributed by atoms with van der Waals surface area (Å²) in [6, 6.07) is 7.41. The van der Waals surface area contributed by atoms with Gasteiger partial charge in [-0.3, -0.25) is 0 Å². The van der Waals surface area contributed by atoms with E-state index in [2.05, 4.69) is 63.3 Å². The second-order valence-electron chi connectivity index (χ2n) is 11.5. The summed E-state index contributed by atoms with van der Waals surface area (Å²) < 4.78 is 13.5. The Morgan fingerprint density at radius 3 is 2.30 bits per heavy atom. The van der Waals surface area contributed by atoms with Crippen molar-refractivity contribution in [2.75, 3.05) is 7.11 Å². The lowest BCUT2D eigenvalue weighted by molar-refractivity contribution is 0.0695. The van der Waals surface area contributed by atoms with E-state index in [1.165, 1.54) is 18.4 Å². The highest BCUT2D eigenvalue weighted by atomic mass is 127. The molecule has 1 N–H and O–H groups in total. The monoisotopic (exact) mass is 564 g/mol. The van der Waals surface area contributed by atoms with Crippen molar-refractivity contribution in [2.24, 2.45) is 5.41 Å². The summed E-state index contributed by atoms with van der Waals surface area (Å²) in [7, 11) is 1.68. The van der Waals surface area contributed by atoms with Crippen LogP contribution in [0.25, 0.3) is 11.1 Å². The van der Waals surface area contributed by atoms with Gasteiger partial charge in [0.2, 0.25) is 0 Å². The minimum absolute atomic E-state index is 0.0482. The van der Waals surface area contributed by atoms with Gasteiger partial charge in [0, 0.05) is 5.56 Å². The fraction of sp³-hybridized carbons (Fsp3) is 0.536. The molecule has 3 rings (SSSR count). The lowest BCUT2D eigenvalue weighted by atomic mass is 9.77. The van der Waals surface area contributed by atoms with E-state index < -0.39 is 11.6 Å². The molecule has 2 aromatic rings. The summed E-state index contributed by atoms with van der Waals surface area (Å²) in [6.45, 7) is 15.5. The summed E-state index contributed by atoms with van der Waals surface area (Å²) in [5.41, 5.74) is 3.87. The van der Waals surface area contributed by atoms with Crippen LogP contribution >= 0.6 is 22.6 Å². The molecule has 0 fully saturated rings. The summed E-state index contributed by atoms with van der Waals surface area (Å²) in [6.07, 6.45) is 4.66. The number of fused-ring (bicyclic) bond motifs is 3. The first-order valence-electron chi connectivity index (χ1n) is 11.7. The van der Waals surface area contributed by atoms with Crippen LogP contribution in [0.1, 0.15) is 95.6 Å². The molecular weight excluding hydrogens is 527 g/mol. The molecule has 1 aliphatic rings. The van der Waals surface area contributed by atoms with E-state index in [0.717, 1.165) is 44.6 Å². The van der Waals surface area contributed by atoms with Gasteiger partial charge in [-0.05, 0) is 89.4 Å². The van der Waals surface area contributed by atoms with Gasteiger partial charge in [0.25, 0.3) is 0 Å². The third-order valence-corrected chi connectivity index (χ3v) is 7.72. The van der Waals surface area contributed by atoms with Gasteiger partial charge in [0.15, 0.2) is 0 Å². The number of hydrogen-bond donors (Lipinski definition) is 1. The predicted octanol–water partition coefficient (Wildman–Crippen LogP) is 8.18. The molecule has 0 aliphatic carbocycles. The molecule has 1 aliphatic heterocycles. The van der Waals surface area contributed by atoms with Crippen LogP contribution in [0.5, 0.6) is 11.5 Å². The average Bonchev–Trinajstić information content (AvgIpc) is 2.70. The van der Waals surface area contributed by atoms with Crippen molar-refractivity contribution in [2.45, 2.75) is 85.2 Å². The first-order chi connectivity index (χ1) is 15.2. The van der Waals surface area contributed by atoms with E-state index in [-0.39, 0.29) is 11.0 Å². The van der Waals surface area contributed by atoms with Gasteiger partial charge >= 0.3 is 5.97 Å². The van der Waals surface area contributed by atoms with Crippen LogP contribution in [-0.4, -0.2) is 18.2 Å². The highest BCUT2D eigenvalue weighted by Crippen LogP contribution is 2.53. The lowest BCUT2D eigenvalue weighted by Gasteiger charge is -2.38. The molecule has 0 saturated heterocycles. The van der Waals surface area contributed by atoms with Gasteiger partial charge in [0.05, 0.1) is 21.8 Å². The Morgan fingerprint density at radius 1 is 1.09 bits per heavy atom. The molecule has 1 heterocycles. The molecule has 4 nitrogen and oxygen atoms in total. The van der Waals surface area contributed by atoms with Crippen molar-refractivity contribution >= 4 is 28.6 Å². The van der Waals surface area contributed by atoms with Gasteiger partial charge in [0.1, 0.15) is 17.1 Å². The Balaban J connectivity index is 2.09. The minimum Gasteiger partial charge on any atom is -0.495 e. The molecule has 0 spiro atoms. The first-order valence-corrected chi connectivity index (χ1v) is 12.7. The largest absolute Gasteiger partial charge is 0.495 e. The van der Waals surface area contributed by atoms with E-state index in [1.54, 1.807) is 19.2 Å². The van der Waals surface area contributed by atoms with Crippen LogP contribution in [0.3, 0.4) is 0 Å². The van der Waals surface area contributed by atoms with Crippen molar-refractivity contribution in [1.29, 1.82) is 0 Å². The molecule has 0 unspecified atom stereocenters. The Kier molecular flexibility index (Phi) is 7.15. The predicted molar refractivity (Wildman–Crippen MR) is 143 cm³/mol. The second-order valence-corrected chi connectivity index (χ2v) is 12.6. The fourth-order valence-electron chi connectivity index (χ4n) is 4.73. The number of aromatic carboxylic acids is 1. The topological polar surface area (TPSA) is 55.8 Å². The quantitative estimate of drug-likeness (QED) is 0.272. The van der Waals surface area contributed by atoms with E-state index in [9.17, 15) is 9.90 Å². The number of halogens is 1. The highest BCUT2D eigenvalue weighted by Gasteiger charge is 2.38. The summed E-state index contributed by atoms with van der Waals surface area (Å²) in [5.74, 6) is 0.570. The number of carboxylic acid groups (broad SMARTS) is 1. The van der Waals surface area contributed by atoms with Crippen LogP contribution < -0.4 is 9.47 Å². The molecular formula is C28H37IO4. The summed E-state index contributed by atoms with van der Waals surface area (Å²) in [5, 5.41) is 9.59. The average molecular weight is 565 g/mol. The zero-order valence-electron chi connectivity index (χ0n) is 21.2. The van der Waals surface area contributed by atoms with E-state index in [0.29, 0.717) is 5.41 Å². The number of rotatable bonds is 7. The van der Waals surface area contributed by atoms with E-state index in [1.807, 2.05) is 19.9 Å². The molecule has 0 bridgehead atoms. The molecule has 33 heavy (non-hydrogen) atoms. The number of ether oxygens (including phenoxy) is 2. The SMILES string of the molecule is COc1c(I)c(C(C)(C)CCCCC(C)(C)C)cc2c1-c1cc(C(=O)O)ccc1C(C)(C)O2. The number of unbranched alkanes of at least 4 members (excludes halogenated alkanes) is 1. The van der Waals surface area contributed by atoms with Crippen molar-refractivity contribution in [3.05, 3.63) is 44.5 Å². The van der Waals surface area contributed by atoms with Crippen LogP contribution in [0.15, 0.2) is 24.3 Å². The maximum absolute atomic E-state index is 11.7. The number of methoxy groups -OCH3 is 1. The third-order valence-electron chi connectivity index (χ3n) is 6.65. The van der Waals surface area contributed by atoms with Crippen molar-refractivity contribution in [3.63, 3.8) is 0 Å². The van der Waals surface area contributed by atoms with Gasteiger partial charge < -0.3 is 14.6 Å². The van der Waals surface area contributed by atoms with Gasteiger partial charge in [-0.2, -0.15) is 0 Å². The molecule has 0 saturated carbocycles. The summed E-state index contributed by atoms with van der Waals surface area (Å²) in [4.78, 5) is 11.7. The molecule has 2 aromatic carbocycles. The molecule has 180 valence electrons. The Hall–Kier alpha value is -1.76. The van der Waals surface area contributed by atoms with Crippen molar-refractivity contribution in [1.82, 2.24) is 0 Å². The third kappa shape index (κ3) is 5.33. The minimum atomic E-state index is -0.940. The smallest absolute Gasteiger partial charge is 0.335 e. The van der Waals surface area contributed by atoms with Crippen LogP contribution in [-0.2, 0) is 11.0 Å². The number of carbonyl (C=O) groups is 1. The molecule has 0 amide bonds. The van der Waals surface area contributed by atoms with Gasteiger partial charge in [-0.1, -0.05) is 53.5 Å². The van der Waals surface area contributed by atoms with E-state index in [4.69, 9.17) is 9.47 Å². The van der Waals surface area contributed by atoms with Crippen molar-refractivity contribution < 1.29 is 19.4 Å². The lowest BCUT2D eigenvalue weighted by Crippen LogP contribution is -2.30. The molecule has 0 atom stereocenters. The standard InChI is InChI=1S/C28H37IO4/c1-26(2,3)13-9-10-14-27(4,5)20-16-21-22(24(32-8)23(20)29)18-15-17(25(30)31)11-12-19(18)28(6,7)33-21/h11-12,15-16H,9-10,13-14H2,1-8H3,(H,30,31). The zero-order chi connectivity index (χ0) is 24.8. The molecule has 0 radical (unpaired) electrons. The zero-order valence-corrected chi connectivity index (χ0v) is 23.3. The van der Waals surface area contributed by atoms with Gasteiger partial charge in [-0.15, -0.1) is 0 Å². The van der Waals surface area contributed by atoms with E-state index >= 15 is 0 Å². The summed E-state index contributed by atoms with van der Waals surface area (Å²) >= 11 is 2.38. The maximum atomic E-state index is 11.7. The Bertz CT molecular complexity index is 1060. The number of carboxylic acids is 1. The Labute approximate surface area is 212 Å². The fourth-order valence-corrected chi connectivity index (χ4v) is 6.10. The van der Waals surface area contributed by atoms with Crippen LogP contribution in [0.4, 0.5) is 0 Å². The highest BCUT2D eigenvalue weighted by molar-refractivity contribution is 14.1. The number of hydrogen-bond acceptors (Lipinski definition) is 3. The van der Waals surface area contributed by atoms with Crippen molar-refractivity contribution in [3.8, 4) is 22.6 Å². The number of benzene rings is 2. The second kappa shape index (κ2) is 9.12. The maximum Gasteiger partial charge on any atom is 0.335 e. The normalized spacial score (nSPS) is 14.8. The van der Waals surface area contributed by atoms with Gasteiger partial charge in [-0.25, -0.2) is 4.79 Å².